The molecule has 2 atom stereocenters. The van der Waals surface area contributed by atoms with Crippen molar-refractivity contribution in [3.63, 3.8) is 0 Å². The molecular formula is C20H25NO4. The number of hydrogen-bond donors (Lipinski definition) is 1. The second kappa shape index (κ2) is 7.00. The van der Waals surface area contributed by atoms with Crippen molar-refractivity contribution in [2.45, 2.75) is 51.7 Å². The molecule has 1 aromatic carbocycles. The Morgan fingerprint density at radius 3 is 2.52 bits per heavy atom. The van der Waals surface area contributed by atoms with Crippen molar-refractivity contribution >= 4 is 11.7 Å². The maximum atomic E-state index is 12.6. The third-order valence-corrected chi connectivity index (χ3v) is 5.03. The monoisotopic (exact) mass is 343 g/mol. The van der Waals surface area contributed by atoms with Gasteiger partial charge in [-0.3, -0.25) is 9.59 Å². The van der Waals surface area contributed by atoms with E-state index in [0.717, 1.165) is 18.4 Å². The third-order valence-electron chi connectivity index (χ3n) is 5.03. The number of Topliss-reactive ketones (excluding diaryl/α,β-unsaturated/α-hetero) is 1. The van der Waals surface area contributed by atoms with Crippen LogP contribution in [-0.4, -0.2) is 41.0 Å². The molecule has 0 saturated carbocycles. The lowest BCUT2D eigenvalue weighted by molar-refractivity contribution is -0.131. The molecule has 2 aliphatic rings. The minimum atomic E-state index is -0.546. The highest BCUT2D eigenvalue weighted by molar-refractivity contribution is 6.08. The van der Waals surface area contributed by atoms with Gasteiger partial charge in [0, 0.05) is 13.2 Å². The quantitative estimate of drug-likeness (QED) is 0.891. The molecule has 0 radical (unpaired) electrons. The lowest BCUT2D eigenvalue weighted by atomic mass is 9.94. The first-order chi connectivity index (χ1) is 11.9. The fourth-order valence-corrected chi connectivity index (χ4v) is 3.62. The van der Waals surface area contributed by atoms with Crippen LogP contribution in [0.25, 0.3) is 0 Å². The summed E-state index contributed by atoms with van der Waals surface area (Å²) in [5.41, 5.74) is 2.21. The first kappa shape index (κ1) is 17.7. The molecule has 3 rings (SSSR count). The number of amides is 1. The highest BCUT2D eigenvalue weighted by atomic mass is 16.5. The summed E-state index contributed by atoms with van der Waals surface area (Å²) in [6, 6.07) is 7.37. The van der Waals surface area contributed by atoms with E-state index in [4.69, 9.17) is 4.74 Å². The number of aliphatic hydroxyl groups is 1. The summed E-state index contributed by atoms with van der Waals surface area (Å²) < 4.78 is 5.65. The SMILES string of the molecule is CC(=O)C1=C(O)C(=O)N(C[C@H]2CCCO2)[C@@H]1c1ccc(C(C)C)cc1. The molecule has 1 aromatic rings. The van der Waals surface area contributed by atoms with Crippen molar-refractivity contribution < 1.29 is 19.4 Å². The fourth-order valence-electron chi connectivity index (χ4n) is 3.62. The molecule has 5 nitrogen and oxygen atoms in total. The average Bonchev–Trinajstić information content (AvgIpc) is 3.17. The van der Waals surface area contributed by atoms with E-state index in [1.807, 2.05) is 24.3 Å². The maximum Gasteiger partial charge on any atom is 0.290 e. The molecule has 25 heavy (non-hydrogen) atoms. The van der Waals surface area contributed by atoms with Gasteiger partial charge in [-0.25, -0.2) is 0 Å². The Hall–Kier alpha value is -2.14. The highest BCUT2D eigenvalue weighted by Gasteiger charge is 2.43. The zero-order chi connectivity index (χ0) is 18.1. The maximum absolute atomic E-state index is 12.6. The Bertz CT molecular complexity index is 699. The number of ketones is 1. The molecule has 1 saturated heterocycles. The van der Waals surface area contributed by atoms with Crippen molar-refractivity contribution in [3.05, 3.63) is 46.7 Å². The normalized spacial score (nSPS) is 23.8. The van der Waals surface area contributed by atoms with Crippen LogP contribution in [0.5, 0.6) is 0 Å². The summed E-state index contributed by atoms with van der Waals surface area (Å²) in [6.07, 6.45) is 1.82. The van der Waals surface area contributed by atoms with Crippen LogP contribution in [0.2, 0.25) is 0 Å². The minimum absolute atomic E-state index is 0.0412. The van der Waals surface area contributed by atoms with Crippen LogP contribution in [0.4, 0.5) is 0 Å². The first-order valence-electron chi connectivity index (χ1n) is 8.86. The molecular weight excluding hydrogens is 318 g/mol. The minimum Gasteiger partial charge on any atom is -0.503 e. The Morgan fingerprint density at radius 1 is 1.32 bits per heavy atom. The Kier molecular flexibility index (Phi) is 4.95. The van der Waals surface area contributed by atoms with Crippen LogP contribution in [0.3, 0.4) is 0 Å². The van der Waals surface area contributed by atoms with E-state index in [-0.39, 0.29) is 17.5 Å². The number of rotatable bonds is 5. The molecule has 2 heterocycles. The van der Waals surface area contributed by atoms with E-state index < -0.39 is 17.7 Å². The van der Waals surface area contributed by atoms with E-state index in [2.05, 4.69) is 13.8 Å². The van der Waals surface area contributed by atoms with Crippen LogP contribution >= 0.6 is 0 Å². The highest BCUT2D eigenvalue weighted by Crippen LogP contribution is 2.38. The molecule has 1 amide bonds. The predicted molar refractivity (Wildman–Crippen MR) is 94.3 cm³/mol. The number of carbonyl (C=O) groups is 2. The number of carbonyl (C=O) groups excluding carboxylic acids is 2. The van der Waals surface area contributed by atoms with E-state index in [9.17, 15) is 14.7 Å². The van der Waals surface area contributed by atoms with Crippen LogP contribution in [0.1, 0.15) is 56.7 Å². The number of nitrogens with zero attached hydrogens (tertiary/aromatic N) is 1. The van der Waals surface area contributed by atoms with Gasteiger partial charge in [0.15, 0.2) is 11.5 Å². The predicted octanol–water partition coefficient (Wildman–Crippen LogP) is 3.27. The topological polar surface area (TPSA) is 66.8 Å². The van der Waals surface area contributed by atoms with E-state index >= 15 is 0 Å². The molecule has 1 N–H and O–H groups in total. The van der Waals surface area contributed by atoms with Gasteiger partial charge in [-0.15, -0.1) is 0 Å². The molecule has 0 spiro atoms. The zero-order valence-corrected chi connectivity index (χ0v) is 15.0. The van der Waals surface area contributed by atoms with Crippen molar-refractivity contribution in [3.8, 4) is 0 Å². The summed E-state index contributed by atoms with van der Waals surface area (Å²) >= 11 is 0. The summed E-state index contributed by atoms with van der Waals surface area (Å²) in [4.78, 5) is 26.3. The van der Waals surface area contributed by atoms with Gasteiger partial charge in [0.25, 0.3) is 5.91 Å². The average molecular weight is 343 g/mol. The Balaban J connectivity index is 1.96. The van der Waals surface area contributed by atoms with Gasteiger partial charge in [0.05, 0.1) is 17.7 Å². The lowest BCUT2D eigenvalue weighted by Gasteiger charge is -2.29. The molecule has 0 aliphatic carbocycles. The van der Waals surface area contributed by atoms with Crippen molar-refractivity contribution in [1.82, 2.24) is 4.90 Å². The van der Waals surface area contributed by atoms with Crippen molar-refractivity contribution in [1.29, 1.82) is 0 Å². The molecule has 5 heteroatoms. The number of aliphatic hydroxyl groups excluding tert-OH is 1. The standard InChI is InChI=1S/C20H25NO4/c1-12(2)14-6-8-15(9-7-14)18-17(13(3)22)19(23)20(24)21(18)11-16-5-4-10-25-16/h6-9,12,16,18,23H,4-5,10-11H2,1-3H3/t16-,18-/m1/s1. The number of benzene rings is 1. The fraction of sp³-hybridized carbons (Fsp3) is 0.500. The van der Waals surface area contributed by atoms with Gasteiger partial charge in [-0.1, -0.05) is 38.1 Å². The molecule has 0 unspecified atom stereocenters. The summed E-state index contributed by atoms with van der Waals surface area (Å²) in [5, 5.41) is 10.3. The summed E-state index contributed by atoms with van der Waals surface area (Å²) in [5.74, 6) is -0.792. The first-order valence-corrected chi connectivity index (χ1v) is 8.86. The smallest absolute Gasteiger partial charge is 0.290 e. The van der Waals surface area contributed by atoms with E-state index in [1.54, 1.807) is 4.90 Å². The van der Waals surface area contributed by atoms with Crippen LogP contribution in [-0.2, 0) is 14.3 Å². The molecule has 1 fully saturated rings. The number of hydrogen-bond acceptors (Lipinski definition) is 4. The summed E-state index contributed by atoms with van der Waals surface area (Å²) in [7, 11) is 0. The van der Waals surface area contributed by atoms with Crippen LogP contribution < -0.4 is 0 Å². The molecule has 0 bridgehead atoms. The largest absolute Gasteiger partial charge is 0.503 e. The van der Waals surface area contributed by atoms with Gasteiger partial charge in [-0.05, 0) is 36.8 Å². The van der Waals surface area contributed by atoms with Gasteiger partial charge in [0.1, 0.15) is 0 Å². The van der Waals surface area contributed by atoms with E-state index in [0.29, 0.717) is 19.1 Å². The van der Waals surface area contributed by atoms with Crippen LogP contribution in [0.15, 0.2) is 35.6 Å². The molecule has 0 aromatic heterocycles. The van der Waals surface area contributed by atoms with Gasteiger partial charge < -0.3 is 14.7 Å². The lowest BCUT2D eigenvalue weighted by Crippen LogP contribution is -2.37. The third kappa shape index (κ3) is 3.33. The Labute approximate surface area is 148 Å². The van der Waals surface area contributed by atoms with E-state index in [1.165, 1.54) is 12.5 Å². The van der Waals surface area contributed by atoms with Crippen molar-refractivity contribution in [2.75, 3.05) is 13.2 Å². The van der Waals surface area contributed by atoms with Crippen LogP contribution in [0, 0.1) is 0 Å². The second-order valence-corrected chi connectivity index (χ2v) is 7.13. The molecule has 134 valence electrons. The Morgan fingerprint density at radius 2 is 2.00 bits per heavy atom. The van der Waals surface area contributed by atoms with Gasteiger partial charge in [0.2, 0.25) is 0 Å². The summed E-state index contributed by atoms with van der Waals surface area (Å²) in [6.45, 7) is 6.70. The van der Waals surface area contributed by atoms with Gasteiger partial charge in [-0.2, -0.15) is 0 Å². The second-order valence-electron chi connectivity index (χ2n) is 7.13. The molecule has 2 aliphatic heterocycles. The van der Waals surface area contributed by atoms with Crippen molar-refractivity contribution in [2.24, 2.45) is 0 Å². The zero-order valence-electron chi connectivity index (χ0n) is 15.0. The van der Waals surface area contributed by atoms with Gasteiger partial charge >= 0.3 is 0 Å². The number of ether oxygens (including phenoxy) is 1.